The van der Waals surface area contributed by atoms with Gasteiger partial charge in [-0.25, -0.2) is 0 Å². The molecule has 1 N–H and O–H groups in total. The Kier molecular flexibility index (Phi) is 3.45. The van der Waals surface area contributed by atoms with Gasteiger partial charge in [0, 0.05) is 24.8 Å². The lowest BCUT2D eigenvalue weighted by atomic mass is 9.92. The SMILES string of the molecule is CCC1CCCN1C(=O)C1CNc2ccccc2C1. The molecule has 0 aromatic heterocycles. The first-order valence-electron chi connectivity index (χ1n) is 7.42. The summed E-state index contributed by atoms with van der Waals surface area (Å²) < 4.78 is 0. The average molecular weight is 258 g/mol. The fourth-order valence-corrected chi connectivity index (χ4v) is 3.40. The van der Waals surface area contributed by atoms with Crippen LogP contribution in [0.4, 0.5) is 5.69 Å². The van der Waals surface area contributed by atoms with E-state index < -0.39 is 0 Å². The summed E-state index contributed by atoms with van der Waals surface area (Å²) in [6.45, 7) is 3.92. The molecule has 2 aliphatic heterocycles. The van der Waals surface area contributed by atoms with Crippen LogP contribution >= 0.6 is 0 Å². The average Bonchev–Trinajstić information content (AvgIpc) is 2.94. The first kappa shape index (κ1) is 12.5. The smallest absolute Gasteiger partial charge is 0.228 e. The van der Waals surface area contributed by atoms with Gasteiger partial charge in [-0.3, -0.25) is 4.79 Å². The van der Waals surface area contributed by atoms with Crippen molar-refractivity contribution in [1.29, 1.82) is 0 Å². The van der Waals surface area contributed by atoms with Crippen molar-refractivity contribution in [1.82, 2.24) is 4.90 Å². The van der Waals surface area contributed by atoms with Crippen molar-refractivity contribution in [2.75, 3.05) is 18.4 Å². The number of fused-ring (bicyclic) bond motifs is 1. The summed E-state index contributed by atoms with van der Waals surface area (Å²) in [6, 6.07) is 8.80. The fourth-order valence-electron chi connectivity index (χ4n) is 3.40. The molecule has 1 amide bonds. The highest BCUT2D eigenvalue weighted by Crippen LogP contribution is 2.28. The summed E-state index contributed by atoms with van der Waals surface area (Å²) in [5.74, 6) is 0.466. The van der Waals surface area contributed by atoms with Crippen molar-refractivity contribution in [3.63, 3.8) is 0 Å². The Bertz CT molecular complexity index is 472. The number of hydrogen-bond donors (Lipinski definition) is 1. The summed E-state index contributed by atoms with van der Waals surface area (Å²) in [5.41, 5.74) is 2.47. The molecule has 1 aromatic carbocycles. The van der Waals surface area contributed by atoms with Crippen LogP contribution in [0.1, 0.15) is 31.7 Å². The van der Waals surface area contributed by atoms with E-state index in [-0.39, 0.29) is 5.92 Å². The second-order valence-electron chi connectivity index (χ2n) is 5.68. The van der Waals surface area contributed by atoms with Gasteiger partial charge < -0.3 is 10.2 Å². The van der Waals surface area contributed by atoms with Crippen LogP contribution in [0, 0.1) is 5.92 Å². The number of nitrogens with zero attached hydrogens (tertiary/aromatic N) is 1. The minimum atomic E-state index is 0.113. The first-order chi connectivity index (χ1) is 9.29. The van der Waals surface area contributed by atoms with Gasteiger partial charge in [-0.1, -0.05) is 25.1 Å². The van der Waals surface area contributed by atoms with E-state index in [0.29, 0.717) is 11.9 Å². The Balaban J connectivity index is 1.72. The fraction of sp³-hybridized carbons (Fsp3) is 0.562. The zero-order valence-corrected chi connectivity index (χ0v) is 11.6. The van der Waals surface area contributed by atoms with Gasteiger partial charge in [-0.05, 0) is 37.3 Å². The third-order valence-electron chi connectivity index (χ3n) is 4.50. The highest BCUT2D eigenvalue weighted by molar-refractivity contribution is 5.81. The van der Waals surface area contributed by atoms with Crippen LogP contribution in [-0.4, -0.2) is 29.9 Å². The van der Waals surface area contributed by atoms with Crippen LogP contribution in [-0.2, 0) is 11.2 Å². The molecule has 2 atom stereocenters. The maximum atomic E-state index is 12.7. The van der Waals surface area contributed by atoms with E-state index in [1.165, 1.54) is 24.1 Å². The van der Waals surface area contributed by atoms with Crippen LogP contribution < -0.4 is 5.32 Å². The minimum Gasteiger partial charge on any atom is -0.384 e. The number of para-hydroxylation sites is 1. The molecular weight excluding hydrogens is 236 g/mol. The monoisotopic (exact) mass is 258 g/mol. The minimum absolute atomic E-state index is 0.113. The van der Waals surface area contributed by atoms with Crippen molar-refractivity contribution in [2.45, 2.75) is 38.6 Å². The van der Waals surface area contributed by atoms with Crippen molar-refractivity contribution in [3.05, 3.63) is 29.8 Å². The number of benzene rings is 1. The molecule has 0 saturated carbocycles. The summed E-state index contributed by atoms with van der Waals surface area (Å²) >= 11 is 0. The van der Waals surface area contributed by atoms with Gasteiger partial charge in [0.25, 0.3) is 0 Å². The molecule has 3 heteroatoms. The number of amides is 1. The van der Waals surface area contributed by atoms with Gasteiger partial charge in [0.1, 0.15) is 0 Å². The molecule has 1 aromatic rings. The number of carbonyl (C=O) groups is 1. The molecule has 0 radical (unpaired) electrons. The van der Waals surface area contributed by atoms with Crippen LogP contribution in [0.25, 0.3) is 0 Å². The quantitative estimate of drug-likeness (QED) is 0.884. The molecule has 3 nitrogen and oxygen atoms in total. The van der Waals surface area contributed by atoms with Gasteiger partial charge >= 0.3 is 0 Å². The molecule has 1 saturated heterocycles. The number of rotatable bonds is 2. The molecule has 19 heavy (non-hydrogen) atoms. The number of likely N-dealkylation sites (tertiary alicyclic amines) is 1. The third-order valence-corrected chi connectivity index (χ3v) is 4.50. The van der Waals surface area contributed by atoms with Gasteiger partial charge in [0.15, 0.2) is 0 Å². The van der Waals surface area contributed by atoms with Crippen LogP contribution in [0.5, 0.6) is 0 Å². The zero-order chi connectivity index (χ0) is 13.2. The highest BCUT2D eigenvalue weighted by Gasteiger charge is 2.33. The maximum absolute atomic E-state index is 12.7. The van der Waals surface area contributed by atoms with Gasteiger partial charge in [0.05, 0.1) is 5.92 Å². The van der Waals surface area contributed by atoms with E-state index in [0.717, 1.165) is 25.9 Å². The Labute approximate surface area is 115 Å². The second kappa shape index (κ2) is 5.24. The Morgan fingerprint density at radius 1 is 1.42 bits per heavy atom. The van der Waals surface area contributed by atoms with Crippen molar-refractivity contribution < 1.29 is 4.79 Å². The first-order valence-corrected chi connectivity index (χ1v) is 7.42. The third kappa shape index (κ3) is 2.34. The lowest BCUT2D eigenvalue weighted by Crippen LogP contribution is -2.43. The van der Waals surface area contributed by atoms with E-state index in [2.05, 4.69) is 35.3 Å². The Morgan fingerprint density at radius 3 is 3.11 bits per heavy atom. The molecule has 2 aliphatic rings. The van der Waals surface area contributed by atoms with Gasteiger partial charge in [-0.2, -0.15) is 0 Å². The van der Waals surface area contributed by atoms with Crippen LogP contribution in [0.3, 0.4) is 0 Å². The highest BCUT2D eigenvalue weighted by atomic mass is 16.2. The van der Waals surface area contributed by atoms with Crippen LogP contribution in [0.2, 0.25) is 0 Å². The molecule has 0 bridgehead atoms. The lowest BCUT2D eigenvalue weighted by molar-refractivity contribution is -0.136. The zero-order valence-electron chi connectivity index (χ0n) is 11.6. The van der Waals surface area contributed by atoms with E-state index >= 15 is 0 Å². The number of anilines is 1. The normalized spacial score (nSPS) is 25.8. The number of carbonyl (C=O) groups excluding carboxylic acids is 1. The van der Waals surface area contributed by atoms with Gasteiger partial charge in [-0.15, -0.1) is 0 Å². The molecule has 2 unspecified atom stereocenters. The second-order valence-corrected chi connectivity index (χ2v) is 5.68. The van der Waals surface area contributed by atoms with Crippen molar-refractivity contribution in [2.24, 2.45) is 5.92 Å². The number of hydrogen-bond acceptors (Lipinski definition) is 2. The number of nitrogens with one attached hydrogen (secondary N) is 1. The van der Waals surface area contributed by atoms with Gasteiger partial charge in [0.2, 0.25) is 5.91 Å². The molecule has 0 spiro atoms. The predicted molar refractivity (Wildman–Crippen MR) is 77.2 cm³/mol. The van der Waals surface area contributed by atoms with Crippen LogP contribution in [0.15, 0.2) is 24.3 Å². The molecular formula is C16H22N2O. The topological polar surface area (TPSA) is 32.3 Å². The maximum Gasteiger partial charge on any atom is 0.228 e. The van der Waals surface area contributed by atoms with Crippen molar-refractivity contribution >= 4 is 11.6 Å². The van der Waals surface area contributed by atoms with Crippen molar-refractivity contribution in [3.8, 4) is 0 Å². The molecule has 2 heterocycles. The largest absolute Gasteiger partial charge is 0.384 e. The summed E-state index contributed by atoms with van der Waals surface area (Å²) in [4.78, 5) is 14.8. The lowest BCUT2D eigenvalue weighted by Gasteiger charge is -2.31. The summed E-state index contributed by atoms with van der Waals surface area (Å²) in [7, 11) is 0. The Morgan fingerprint density at radius 2 is 2.26 bits per heavy atom. The molecule has 3 rings (SSSR count). The Hall–Kier alpha value is -1.51. The summed E-state index contributed by atoms with van der Waals surface area (Å²) in [6.07, 6.45) is 4.32. The molecule has 0 aliphatic carbocycles. The van der Waals surface area contributed by atoms with E-state index in [1.54, 1.807) is 0 Å². The van der Waals surface area contributed by atoms with E-state index in [4.69, 9.17) is 0 Å². The predicted octanol–water partition coefficient (Wildman–Crippen LogP) is 2.67. The summed E-state index contributed by atoms with van der Waals surface area (Å²) in [5, 5.41) is 3.40. The molecule has 102 valence electrons. The van der Waals surface area contributed by atoms with E-state index in [1.807, 2.05) is 6.07 Å². The standard InChI is InChI=1S/C16H22N2O/c1-2-14-7-5-9-18(14)16(19)13-10-12-6-3-4-8-15(12)17-11-13/h3-4,6,8,13-14,17H,2,5,7,9-11H2,1H3. The van der Waals surface area contributed by atoms with E-state index in [9.17, 15) is 4.79 Å². The molecule has 1 fully saturated rings.